The zero-order valence-electron chi connectivity index (χ0n) is 8.63. The van der Waals surface area contributed by atoms with Gasteiger partial charge in [-0.2, -0.15) is 0 Å². The van der Waals surface area contributed by atoms with Crippen molar-refractivity contribution in [2.24, 2.45) is 0 Å². The van der Waals surface area contributed by atoms with Gasteiger partial charge in [-0.25, -0.2) is 0 Å². The highest BCUT2D eigenvalue weighted by atomic mass is 35.5. The number of hydrogen-bond acceptors (Lipinski definition) is 2. The Labute approximate surface area is 94.2 Å². The van der Waals surface area contributed by atoms with Crippen molar-refractivity contribution in [1.29, 1.82) is 0 Å². The zero-order chi connectivity index (χ0) is 10.9. The van der Waals surface area contributed by atoms with Gasteiger partial charge in [0, 0.05) is 0 Å². The number of rotatable bonds is 3. The van der Waals surface area contributed by atoms with E-state index in [9.17, 15) is 4.79 Å². The predicted molar refractivity (Wildman–Crippen MR) is 59.4 cm³/mol. The van der Waals surface area contributed by atoms with Crippen molar-refractivity contribution in [3.8, 4) is 5.75 Å². The first-order valence-corrected chi connectivity index (χ1v) is 5.41. The molecule has 0 unspecified atom stereocenters. The Hall–Kier alpha value is -1.02. The zero-order valence-corrected chi connectivity index (χ0v) is 9.38. The monoisotopic (exact) mass is 224 g/mol. The molecular weight excluding hydrogens is 212 g/mol. The second-order valence-electron chi connectivity index (χ2n) is 3.94. The topological polar surface area (TPSA) is 26.3 Å². The summed E-state index contributed by atoms with van der Waals surface area (Å²) in [7, 11) is 1.63. The van der Waals surface area contributed by atoms with E-state index >= 15 is 0 Å². The maximum Gasteiger partial charge on any atom is 0.232 e. The minimum Gasteiger partial charge on any atom is -0.497 e. The highest BCUT2D eigenvalue weighted by Crippen LogP contribution is 2.45. The molecule has 80 valence electrons. The van der Waals surface area contributed by atoms with Crippen molar-refractivity contribution in [3.05, 3.63) is 29.8 Å². The molecule has 0 spiro atoms. The lowest BCUT2D eigenvalue weighted by molar-refractivity contribution is -0.119. The van der Waals surface area contributed by atoms with E-state index in [1.54, 1.807) is 7.11 Å². The molecule has 1 aliphatic rings. The van der Waals surface area contributed by atoms with Gasteiger partial charge in [0.2, 0.25) is 5.24 Å². The van der Waals surface area contributed by atoms with Gasteiger partial charge in [0.1, 0.15) is 5.75 Å². The average Bonchev–Trinajstić information content (AvgIpc) is 2.16. The summed E-state index contributed by atoms with van der Waals surface area (Å²) in [6, 6.07) is 7.60. The molecule has 0 aliphatic heterocycles. The van der Waals surface area contributed by atoms with E-state index in [2.05, 4.69) is 0 Å². The average molecular weight is 225 g/mol. The van der Waals surface area contributed by atoms with Crippen molar-refractivity contribution in [3.63, 3.8) is 0 Å². The van der Waals surface area contributed by atoms with Crippen LogP contribution < -0.4 is 4.74 Å². The number of ether oxygens (including phenoxy) is 1. The smallest absolute Gasteiger partial charge is 0.232 e. The number of carbonyl (C=O) groups excluding carboxylic acids is 1. The molecule has 0 amide bonds. The Morgan fingerprint density at radius 3 is 2.27 bits per heavy atom. The van der Waals surface area contributed by atoms with Crippen LogP contribution in [0.5, 0.6) is 5.75 Å². The molecule has 1 aliphatic carbocycles. The van der Waals surface area contributed by atoms with Gasteiger partial charge in [0.05, 0.1) is 12.5 Å². The molecular formula is C12H13ClO2. The number of carbonyl (C=O) groups is 1. The van der Waals surface area contributed by atoms with E-state index in [1.807, 2.05) is 24.3 Å². The molecule has 3 heteroatoms. The summed E-state index contributed by atoms with van der Waals surface area (Å²) >= 11 is 5.67. The first kappa shape index (κ1) is 10.5. The van der Waals surface area contributed by atoms with Crippen LogP contribution in [0.1, 0.15) is 24.8 Å². The molecule has 0 radical (unpaired) electrons. The molecule has 1 fully saturated rings. The van der Waals surface area contributed by atoms with Crippen LogP contribution in [0, 0.1) is 0 Å². The maximum absolute atomic E-state index is 11.4. The van der Waals surface area contributed by atoms with E-state index in [0.29, 0.717) is 0 Å². The third-order valence-corrected chi connectivity index (χ3v) is 3.59. The van der Waals surface area contributed by atoms with Crippen LogP contribution in [0.15, 0.2) is 24.3 Å². The first-order chi connectivity index (χ1) is 7.19. The molecule has 1 saturated carbocycles. The van der Waals surface area contributed by atoms with Crippen LogP contribution >= 0.6 is 11.6 Å². The molecule has 0 N–H and O–H groups in total. The van der Waals surface area contributed by atoms with E-state index in [4.69, 9.17) is 16.3 Å². The number of methoxy groups -OCH3 is 1. The lowest BCUT2D eigenvalue weighted by atomic mass is 9.65. The highest BCUT2D eigenvalue weighted by molar-refractivity contribution is 6.65. The largest absolute Gasteiger partial charge is 0.497 e. The minimum atomic E-state index is -0.423. The van der Waals surface area contributed by atoms with E-state index in [0.717, 1.165) is 30.6 Å². The van der Waals surface area contributed by atoms with Gasteiger partial charge in [0.15, 0.2) is 0 Å². The Morgan fingerprint density at radius 2 is 1.93 bits per heavy atom. The fraction of sp³-hybridized carbons (Fsp3) is 0.417. The number of halogens is 1. The van der Waals surface area contributed by atoms with Gasteiger partial charge >= 0.3 is 0 Å². The van der Waals surface area contributed by atoms with Crippen LogP contribution in [0.2, 0.25) is 0 Å². The number of benzene rings is 1. The molecule has 0 atom stereocenters. The lowest BCUT2D eigenvalue weighted by Crippen LogP contribution is -2.39. The quantitative estimate of drug-likeness (QED) is 0.738. The summed E-state index contributed by atoms with van der Waals surface area (Å²) in [5.41, 5.74) is 0.586. The van der Waals surface area contributed by atoms with Gasteiger partial charge in [-0.1, -0.05) is 18.6 Å². The molecule has 0 heterocycles. The Morgan fingerprint density at radius 1 is 1.33 bits per heavy atom. The normalized spacial score (nSPS) is 18.0. The molecule has 0 aromatic heterocycles. The molecule has 1 aromatic rings. The molecule has 0 saturated heterocycles. The van der Waals surface area contributed by atoms with Crippen LogP contribution in [0.25, 0.3) is 0 Å². The summed E-state index contributed by atoms with van der Waals surface area (Å²) in [6.45, 7) is 0. The molecule has 2 nitrogen and oxygen atoms in total. The van der Waals surface area contributed by atoms with Gasteiger partial charge in [-0.15, -0.1) is 0 Å². The van der Waals surface area contributed by atoms with E-state index in [1.165, 1.54) is 0 Å². The Balaban J connectivity index is 2.31. The minimum absolute atomic E-state index is 0.237. The SMILES string of the molecule is COc1ccc(C2(C(=O)Cl)CCC2)cc1. The maximum atomic E-state index is 11.4. The van der Waals surface area contributed by atoms with Crippen LogP contribution in [-0.2, 0) is 10.2 Å². The van der Waals surface area contributed by atoms with Crippen molar-refractivity contribution in [2.75, 3.05) is 7.11 Å². The highest BCUT2D eigenvalue weighted by Gasteiger charge is 2.44. The van der Waals surface area contributed by atoms with Gasteiger partial charge in [-0.05, 0) is 42.1 Å². The van der Waals surface area contributed by atoms with Crippen molar-refractivity contribution in [2.45, 2.75) is 24.7 Å². The number of hydrogen-bond donors (Lipinski definition) is 0. The predicted octanol–water partition coefficient (Wildman–Crippen LogP) is 2.88. The summed E-state index contributed by atoms with van der Waals surface area (Å²) in [6.07, 6.45) is 2.80. The fourth-order valence-electron chi connectivity index (χ4n) is 2.04. The van der Waals surface area contributed by atoms with Crippen LogP contribution in [-0.4, -0.2) is 12.4 Å². The third kappa shape index (κ3) is 1.63. The summed E-state index contributed by atoms with van der Waals surface area (Å²) in [5, 5.41) is -0.237. The van der Waals surface area contributed by atoms with E-state index in [-0.39, 0.29) is 5.24 Å². The van der Waals surface area contributed by atoms with Crippen molar-refractivity contribution in [1.82, 2.24) is 0 Å². The van der Waals surface area contributed by atoms with Gasteiger partial charge in [0.25, 0.3) is 0 Å². The second kappa shape index (κ2) is 3.86. The Kier molecular flexibility index (Phi) is 2.70. The molecule has 1 aromatic carbocycles. The van der Waals surface area contributed by atoms with Crippen LogP contribution in [0.4, 0.5) is 0 Å². The van der Waals surface area contributed by atoms with Gasteiger partial charge in [-0.3, -0.25) is 4.79 Å². The van der Waals surface area contributed by atoms with Crippen LogP contribution in [0.3, 0.4) is 0 Å². The first-order valence-electron chi connectivity index (χ1n) is 5.03. The standard InChI is InChI=1S/C12H13ClO2/c1-15-10-5-3-9(4-6-10)12(11(13)14)7-2-8-12/h3-6H,2,7-8H2,1H3. The van der Waals surface area contributed by atoms with Crippen molar-refractivity contribution < 1.29 is 9.53 Å². The lowest BCUT2D eigenvalue weighted by Gasteiger charge is -2.38. The van der Waals surface area contributed by atoms with E-state index < -0.39 is 5.41 Å². The summed E-state index contributed by atoms with van der Waals surface area (Å²) in [4.78, 5) is 11.4. The van der Waals surface area contributed by atoms with Gasteiger partial charge < -0.3 is 4.74 Å². The summed E-state index contributed by atoms with van der Waals surface area (Å²) < 4.78 is 5.08. The molecule has 2 rings (SSSR count). The third-order valence-electron chi connectivity index (χ3n) is 3.23. The van der Waals surface area contributed by atoms with Crippen molar-refractivity contribution >= 4 is 16.8 Å². The summed E-state index contributed by atoms with van der Waals surface area (Å²) in [5.74, 6) is 0.801. The Bertz CT molecular complexity index is 366. The molecule has 15 heavy (non-hydrogen) atoms. The second-order valence-corrected chi connectivity index (χ2v) is 4.28. The fourth-order valence-corrected chi connectivity index (χ4v) is 2.34. The molecule has 0 bridgehead atoms.